The number of benzene rings is 2. The largest absolute Gasteiger partial charge is 0.298 e. The molecule has 0 saturated carbocycles. The van der Waals surface area contributed by atoms with Crippen molar-refractivity contribution in [3.8, 4) is 0 Å². The van der Waals surface area contributed by atoms with Crippen molar-refractivity contribution in [1.29, 1.82) is 0 Å². The monoisotopic (exact) mass is 602 g/mol. The molecule has 1 atom stereocenters. The summed E-state index contributed by atoms with van der Waals surface area (Å²) in [4.78, 5) is 39.3. The number of nitrogens with zero attached hydrogens (tertiary/aromatic N) is 3. The Kier molecular flexibility index (Phi) is 9.35. The number of carbonyl (C=O) groups is 1. The van der Waals surface area contributed by atoms with E-state index < -0.39 is 33.6 Å². The molecule has 2 aromatic carbocycles. The molecule has 0 spiro atoms. The van der Waals surface area contributed by atoms with Crippen molar-refractivity contribution in [2.24, 2.45) is 0 Å². The van der Waals surface area contributed by atoms with Gasteiger partial charge in [0.2, 0.25) is 6.54 Å². The number of anilines is 1. The van der Waals surface area contributed by atoms with Crippen LogP contribution in [0.5, 0.6) is 0 Å². The molecule has 186 valence electrons. The van der Waals surface area contributed by atoms with Crippen molar-refractivity contribution in [2.75, 3.05) is 11.9 Å². The Balaban J connectivity index is 0.00000432. The van der Waals surface area contributed by atoms with Crippen LogP contribution in [0.4, 0.5) is 10.8 Å². The van der Waals surface area contributed by atoms with Crippen LogP contribution in [0.2, 0.25) is 10.0 Å². The van der Waals surface area contributed by atoms with Crippen LogP contribution in [0, 0.1) is 20.2 Å². The minimum Gasteiger partial charge on any atom is -0.298 e. The molecule has 13 heteroatoms. The van der Waals surface area contributed by atoms with E-state index in [1.54, 1.807) is 12.1 Å². The molecule has 0 aliphatic rings. The molecule has 0 aliphatic carbocycles. The molecular weight excluding hydrogens is 583 g/mol. The lowest BCUT2D eigenvalue weighted by Crippen LogP contribution is -2.20. The Morgan fingerprint density at radius 3 is 2.26 bits per heavy atom. The van der Waals surface area contributed by atoms with Gasteiger partial charge in [0.05, 0.1) is 16.5 Å². The lowest BCUT2D eigenvalue weighted by Gasteiger charge is -2.21. The van der Waals surface area contributed by atoms with Crippen molar-refractivity contribution in [2.45, 2.75) is 32.1 Å². The second-order valence-corrected chi connectivity index (χ2v) is 10.3. The van der Waals surface area contributed by atoms with Gasteiger partial charge in [0, 0.05) is 43.0 Å². The number of rotatable bonds is 7. The molecule has 1 heterocycles. The van der Waals surface area contributed by atoms with E-state index in [2.05, 4.69) is 10.3 Å². The van der Waals surface area contributed by atoms with Crippen LogP contribution in [-0.2, 0) is 5.41 Å². The van der Waals surface area contributed by atoms with E-state index in [1.807, 2.05) is 20.8 Å². The molecule has 3 aromatic rings. The first-order valence-corrected chi connectivity index (χ1v) is 11.6. The zero-order valence-corrected chi connectivity index (χ0v) is 22.8. The summed E-state index contributed by atoms with van der Waals surface area (Å²) in [6, 6.07) is 9.95. The number of nitro groups is 2. The van der Waals surface area contributed by atoms with Crippen molar-refractivity contribution >= 4 is 68.2 Å². The van der Waals surface area contributed by atoms with Gasteiger partial charge in [0.1, 0.15) is 0 Å². The van der Waals surface area contributed by atoms with E-state index >= 15 is 0 Å². The number of hydrogen-bond donors (Lipinski definition) is 1. The summed E-state index contributed by atoms with van der Waals surface area (Å²) in [6.45, 7) is 5.32. The first-order valence-electron chi connectivity index (χ1n) is 10.0. The number of aromatic nitrogens is 1. The maximum Gasteiger partial charge on any atom is 0.269 e. The molecule has 0 aliphatic heterocycles. The van der Waals surface area contributed by atoms with Crippen molar-refractivity contribution in [3.05, 3.63) is 94.4 Å². The van der Waals surface area contributed by atoms with Crippen LogP contribution in [-0.4, -0.2) is 27.3 Å². The predicted octanol–water partition coefficient (Wildman–Crippen LogP) is 6.89. The minimum absolute atomic E-state index is 0. The highest BCUT2D eigenvalue weighted by Crippen LogP contribution is 2.42. The molecule has 3 rings (SSSR count). The van der Waals surface area contributed by atoms with Gasteiger partial charge in [-0.2, -0.15) is 0 Å². The molecule has 1 N–H and O–H groups in total. The highest BCUT2D eigenvalue weighted by atomic mass is 79.9. The van der Waals surface area contributed by atoms with Gasteiger partial charge < -0.3 is 0 Å². The van der Waals surface area contributed by atoms with Gasteiger partial charge in [-0.25, -0.2) is 4.98 Å². The second kappa shape index (κ2) is 11.4. The molecule has 9 nitrogen and oxygen atoms in total. The number of nitro benzene ring substituents is 1. The lowest BCUT2D eigenvalue weighted by atomic mass is 9.86. The molecule has 1 unspecified atom stereocenters. The summed E-state index contributed by atoms with van der Waals surface area (Å²) in [5.41, 5.74) is 0.711. The quantitative estimate of drug-likeness (QED) is 0.231. The molecule has 0 fully saturated rings. The fourth-order valence-electron chi connectivity index (χ4n) is 3.32. The smallest absolute Gasteiger partial charge is 0.269 e. The Hall–Kier alpha value is -2.60. The third-order valence-corrected chi connectivity index (χ3v) is 6.56. The number of thiazole rings is 1. The van der Waals surface area contributed by atoms with E-state index in [0.717, 1.165) is 11.3 Å². The van der Waals surface area contributed by atoms with E-state index in [-0.39, 0.29) is 33.4 Å². The van der Waals surface area contributed by atoms with Crippen LogP contribution < -0.4 is 5.32 Å². The normalized spacial score (nSPS) is 11.9. The zero-order chi connectivity index (χ0) is 25.2. The van der Waals surface area contributed by atoms with Crippen LogP contribution >= 0.6 is 51.5 Å². The zero-order valence-electron chi connectivity index (χ0n) is 18.8. The third-order valence-electron chi connectivity index (χ3n) is 4.91. The predicted molar refractivity (Wildman–Crippen MR) is 142 cm³/mol. The van der Waals surface area contributed by atoms with E-state index in [9.17, 15) is 25.0 Å². The second-order valence-electron chi connectivity index (χ2n) is 8.47. The molecule has 0 saturated heterocycles. The summed E-state index contributed by atoms with van der Waals surface area (Å²) in [5, 5.41) is 26.0. The van der Waals surface area contributed by atoms with Gasteiger partial charge in [-0.1, -0.05) is 50.0 Å². The van der Waals surface area contributed by atoms with Gasteiger partial charge >= 0.3 is 0 Å². The minimum atomic E-state index is -0.712. The summed E-state index contributed by atoms with van der Waals surface area (Å²) >= 11 is 13.5. The van der Waals surface area contributed by atoms with Gasteiger partial charge in [-0.15, -0.1) is 28.3 Å². The molecule has 0 radical (unpaired) electrons. The van der Waals surface area contributed by atoms with Gasteiger partial charge in [0.25, 0.3) is 11.6 Å². The van der Waals surface area contributed by atoms with Gasteiger partial charge in [-0.3, -0.25) is 30.3 Å². The molecule has 1 aromatic heterocycles. The fourth-order valence-corrected chi connectivity index (χ4v) is 5.14. The van der Waals surface area contributed by atoms with Gasteiger partial charge in [-0.05, 0) is 29.8 Å². The van der Waals surface area contributed by atoms with E-state index in [1.165, 1.54) is 30.3 Å². The maximum atomic E-state index is 12.7. The van der Waals surface area contributed by atoms with Crippen molar-refractivity contribution < 1.29 is 14.6 Å². The van der Waals surface area contributed by atoms with Crippen LogP contribution in [0.25, 0.3) is 0 Å². The Morgan fingerprint density at radius 1 is 1.11 bits per heavy atom. The standard InChI is InChI=1S/C22H20Cl2N4O5S.BrH/c1-22(2,3)19-18(16(11-27(30)31)15-9-6-13(23)10-17(15)24)34-21(25-19)26-20(29)12-4-7-14(8-5-12)28(32)33;/h4-10,16H,11H2,1-3H3,(H,25,26,29);1H. The highest BCUT2D eigenvalue weighted by molar-refractivity contribution is 8.93. The van der Waals surface area contributed by atoms with Gasteiger partial charge in [0.15, 0.2) is 5.13 Å². The summed E-state index contributed by atoms with van der Waals surface area (Å²) in [6.07, 6.45) is 0. The molecule has 1 amide bonds. The number of amides is 1. The number of hydrogen-bond acceptors (Lipinski definition) is 7. The van der Waals surface area contributed by atoms with E-state index in [0.29, 0.717) is 26.2 Å². The number of non-ortho nitro benzene ring substituents is 1. The molecule has 35 heavy (non-hydrogen) atoms. The number of carbonyl (C=O) groups excluding carboxylic acids is 1. The molecule has 0 bridgehead atoms. The average molecular weight is 604 g/mol. The van der Waals surface area contributed by atoms with E-state index in [4.69, 9.17) is 23.2 Å². The highest BCUT2D eigenvalue weighted by Gasteiger charge is 2.33. The third kappa shape index (κ3) is 6.97. The fraction of sp³-hybridized carbons (Fsp3) is 0.273. The maximum absolute atomic E-state index is 12.7. The Labute approximate surface area is 225 Å². The first-order chi connectivity index (χ1) is 15.9. The SMILES string of the molecule is Br.CC(C)(C)c1nc(NC(=O)c2ccc([N+](=O)[O-])cc2)sc1C(C[N+](=O)[O-])c1ccc(Cl)cc1Cl. The summed E-state index contributed by atoms with van der Waals surface area (Å²) in [7, 11) is 0. The van der Waals surface area contributed by atoms with Crippen molar-refractivity contribution in [1.82, 2.24) is 4.98 Å². The van der Waals surface area contributed by atoms with Crippen LogP contribution in [0.3, 0.4) is 0 Å². The van der Waals surface area contributed by atoms with Crippen molar-refractivity contribution in [3.63, 3.8) is 0 Å². The molecular formula is C22H21BrCl2N4O5S. The first kappa shape index (κ1) is 28.6. The number of halogens is 3. The lowest BCUT2D eigenvalue weighted by molar-refractivity contribution is -0.481. The Morgan fingerprint density at radius 2 is 1.74 bits per heavy atom. The van der Waals surface area contributed by atoms with Crippen LogP contribution in [0.1, 0.15) is 53.2 Å². The summed E-state index contributed by atoms with van der Waals surface area (Å²) < 4.78 is 0. The number of nitrogens with one attached hydrogen (secondary N) is 1. The summed E-state index contributed by atoms with van der Waals surface area (Å²) in [5.74, 6) is -1.22. The Bertz CT molecular complexity index is 1260. The topological polar surface area (TPSA) is 128 Å². The average Bonchev–Trinajstić information content (AvgIpc) is 3.16. The van der Waals surface area contributed by atoms with Crippen LogP contribution in [0.15, 0.2) is 42.5 Å².